The molecule has 0 unspecified atom stereocenters. The molecule has 1 spiro atoms. The molecule has 1 aromatic carbocycles. The Labute approximate surface area is 186 Å². The second kappa shape index (κ2) is 7.21. The number of carbonyl (C=O) groups excluding carboxylic acids is 1. The summed E-state index contributed by atoms with van der Waals surface area (Å²) < 4.78 is 18.1. The van der Waals surface area contributed by atoms with E-state index in [9.17, 15) is 4.79 Å². The van der Waals surface area contributed by atoms with Gasteiger partial charge in [-0.3, -0.25) is 4.79 Å². The lowest BCUT2D eigenvalue weighted by atomic mass is 9.35. The number of hydrogen-bond acceptors (Lipinski definition) is 5. The third-order valence-corrected chi connectivity index (χ3v) is 9.63. The van der Waals surface area contributed by atoms with E-state index in [0.29, 0.717) is 18.2 Å². The van der Waals surface area contributed by atoms with Crippen LogP contribution in [0.15, 0.2) is 12.1 Å². The number of Topliss-reactive ketones (excluding diaryl/α,β-unsaturated/α-hetero) is 1. The zero-order valence-corrected chi connectivity index (χ0v) is 19.8. The number of fused-ring (bicyclic) bond motifs is 3. The van der Waals surface area contributed by atoms with E-state index in [0.717, 1.165) is 63.0 Å². The van der Waals surface area contributed by atoms with Gasteiger partial charge < -0.3 is 19.1 Å². The molecule has 5 nitrogen and oxygen atoms in total. The zero-order chi connectivity index (χ0) is 22.0. The van der Waals surface area contributed by atoms with Crippen molar-refractivity contribution >= 4 is 5.78 Å². The molecule has 0 N–H and O–H groups in total. The monoisotopic (exact) mass is 427 g/mol. The van der Waals surface area contributed by atoms with Crippen LogP contribution in [0.1, 0.15) is 63.0 Å². The van der Waals surface area contributed by atoms with Gasteiger partial charge in [0.15, 0.2) is 11.5 Å². The van der Waals surface area contributed by atoms with Gasteiger partial charge >= 0.3 is 0 Å². The first-order valence-corrected chi connectivity index (χ1v) is 11.9. The van der Waals surface area contributed by atoms with E-state index in [-0.39, 0.29) is 22.3 Å². The highest BCUT2D eigenvalue weighted by Crippen LogP contribution is 2.73. The Morgan fingerprint density at radius 1 is 1.16 bits per heavy atom. The van der Waals surface area contributed by atoms with Crippen molar-refractivity contribution in [3.63, 3.8) is 0 Å². The van der Waals surface area contributed by atoms with Crippen molar-refractivity contribution in [2.45, 2.75) is 75.3 Å². The summed E-state index contributed by atoms with van der Waals surface area (Å²) >= 11 is 0. The van der Waals surface area contributed by atoms with Crippen LogP contribution in [0, 0.1) is 11.3 Å². The van der Waals surface area contributed by atoms with Gasteiger partial charge in [-0.25, -0.2) is 0 Å². The summed E-state index contributed by atoms with van der Waals surface area (Å²) in [6, 6.07) is 4.76. The van der Waals surface area contributed by atoms with Crippen molar-refractivity contribution in [3.8, 4) is 11.5 Å². The van der Waals surface area contributed by atoms with E-state index >= 15 is 0 Å². The summed E-state index contributed by atoms with van der Waals surface area (Å²) in [6.07, 6.45) is 7.62. The molecule has 6 rings (SSSR count). The number of carbonyl (C=O) groups is 1. The van der Waals surface area contributed by atoms with Gasteiger partial charge in [0.05, 0.1) is 19.8 Å². The first-order chi connectivity index (χ1) is 14.9. The second-order valence-corrected chi connectivity index (χ2v) is 10.4. The van der Waals surface area contributed by atoms with Crippen molar-refractivity contribution in [1.29, 1.82) is 0 Å². The molecule has 1 aromatic rings. The minimum atomic E-state index is -0.364. The summed E-state index contributed by atoms with van der Waals surface area (Å²) in [6.45, 7) is 3.17. The van der Waals surface area contributed by atoms with Crippen LogP contribution in [-0.4, -0.2) is 57.2 Å². The predicted octanol–water partition coefficient (Wildman–Crippen LogP) is 4.15. The fourth-order valence-electron chi connectivity index (χ4n) is 8.33. The number of benzene rings is 1. The van der Waals surface area contributed by atoms with E-state index in [4.69, 9.17) is 14.2 Å². The minimum Gasteiger partial charge on any atom is -0.493 e. The molecule has 170 valence electrons. The average molecular weight is 428 g/mol. The molecule has 1 aliphatic heterocycles. The molecule has 5 heteroatoms. The van der Waals surface area contributed by atoms with Crippen LogP contribution in [0.2, 0.25) is 0 Å². The molecule has 5 aliphatic rings. The predicted molar refractivity (Wildman–Crippen MR) is 120 cm³/mol. The van der Waals surface area contributed by atoms with Crippen molar-refractivity contribution in [2.75, 3.05) is 34.9 Å². The molecule has 1 heterocycles. The number of likely N-dealkylation sites (tertiary alicyclic amines) is 1. The standard InChI is InChI=1S/C26H37NO4/c1-6-7-19(28)18-15-24-10-11-26(18,31-5)16-25(24)12-13-27(2)21(24)14-17-8-9-20(29-3)23(30-4)22(17)25/h8-9,18,21H,6-7,10-16H2,1-5H3/t18-,21-,24-,25-,26-/m1/s1. The van der Waals surface area contributed by atoms with Gasteiger partial charge in [-0.1, -0.05) is 13.0 Å². The molecule has 0 amide bonds. The third-order valence-electron chi connectivity index (χ3n) is 9.63. The summed E-state index contributed by atoms with van der Waals surface area (Å²) in [5.74, 6) is 2.13. The lowest BCUT2D eigenvalue weighted by Crippen LogP contribution is -2.75. The Balaban J connectivity index is 1.75. The van der Waals surface area contributed by atoms with E-state index in [1.807, 2.05) is 7.11 Å². The number of likely N-dealkylation sites (N-methyl/N-ethyl adjacent to an activating group) is 1. The fourth-order valence-corrected chi connectivity index (χ4v) is 8.33. The average Bonchev–Trinajstić information content (AvgIpc) is 2.80. The Kier molecular flexibility index (Phi) is 4.95. The topological polar surface area (TPSA) is 48.0 Å². The van der Waals surface area contributed by atoms with Gasteiger partial charge in [0.2, 0.25) is 0 Å². The van der Waals surface area contributed by atoms with Crippen molar-refractivity contribution < 1.29 is 19.0 Å². The van der Waals surface area contributed by atoms with E-state index in [2.05, 4.69) is 31.0 Å². The van der Waals surface area contributed by atoms with Crippen molar-refractivity contribution in [2.24, 2.45) is 11.3 Å². The Morgan fingerprint density at radius 2 is 1.97 bits per heavy atom. The molecule has 5 atom stereocenters. The first kappa shape index (κ1) is 21.3. The maximum atomic E-state index is 13.4. The molecule has 0 radical (unpaired) electrons. The van der Waals surface area contributed by atoms with E-state index < -0.39 is 0 Å². The maximum absolute atomic E-state index is 13.4. The highest BCUT2D eigenvalue weighted by Gasteiger charge is 2.73. The van der Waals surface area contributed by atoms with Gasteiger partial charge in [-0.15, -0.1) is 0 Å². The van der Waals surface area contributed by atoms with Gasteiger partial charge in [0, 0.05) is 36.5 Å². The van der Waals surface area contributed by atoms with Crippen LogP contribution in [0.5, 0.6) is 11.5 Å². The third kappa shape index (κ3) is 2.54. The smallest absolute Gasteiger partial charge is 0.164 e. The number of ether oxygens (including phenoxy) is 3. The molecule has 4 aliphatic carbocycles. The molecule has 4 bridgehead atoms. The Bertz CT molecular complexity index is 900. The number of rotatable bonds is 6. The quantitative estimate of drug-likeness (QED) is 0.683. The second-order valence-electron chi connectivity index (χ2n) is 10.4. The van der Waals surface area contributed by atoms with Gasteiger partial charge in [-0.05, 0) is 75.6 Å². The van der Waals surface area contributed by atoms with Gasteiger partial charge in [0.25, 0.3) is 0 Å². The maximum Gasteiger partial charge on any atom is 0.164 e. The summed E-state index contributed by atoms with van der Waals surface area (Å²) in [5.41, 5.74) is 2.42. The minimum absolute atomic E-state index is 0.00600. The molecular formula is C26H37NO4. The van der Waals surface area contributed by atoms with Crippen LogP contribution in [0.25, 0.3) is 0 Å². The Hall–Kier alpha value is -1.59. The summed E-state index contributed by atoms with van der Waals surface area (Å²) in [4.78, 5) is 15.9. The van der Waals surface area contributed by atoms with Crippen LogP contribution in [-0.2, 0) is 21.4 Å². The summed E-state index contributed by atoms with van der Waals surface area (Å²) in [5, 5.41) is 0. The molecule has 1 saturated heterocycles. The van der Waals surface area contributed by atoms with Crippen molar-refractivity contribution in [1.82, 2.24) is 4.90 Å². The van der Waals surface area contributed by atoms with E-state index in [1.165, 1.54) is 11.1 Å². The SMILES string of the molecule is CCCC(=O)[C@H]1C[C@@]23CC[C@@]1(OC)C[C@@]21CCN(C)[C@@H]3Cc2ccc(OC)c(OC)c21. The fraction of sp³-hybridized carbons (Fsp3) is 0.731. The number of ketones is 1. The zero-order valence-electron chi connectivity index (χ0n) is 19.8. The molecule has 3 saturated carbocycles. The van der Waals surface area contributed by atoms with Crippen LogP contribution in [0.3, 0.4) is 0 Å². The molecule has 0 aromatic heterocycles. The normalized spacial score (nSPS) is 38.4. The largest absolute Gasteiger partial charge is 0.493 e. The summed E-state index contributed by atoms with van der Waals surface area (Å²) in [7, 11) is 7.61. The van der Waals surface area contributed by atoms with Crippen LogP contribution in [0.4, 0.5) is 0 Å². The number of methoxy groups -OCH3 is 3. The van der Waals surface area contributed by atoms with Crippen molar-refractivity contribution in [3.05, 3.63) is 23.3 Å². The highest BCUT2D eigenvalue weighted by molar-refractivity contribution is 5.83. The molecular weight excluding hydrogens is 390 g/mol. The molecule has 4 fully saturated rings. The van der Waals surface area contributed by atoms with Gasteiger partial charge in [-0.2, -0.15) is 0 Å². The van der Waals surface area contributed by atoms with Gasteiger partial charge in [0.1, 0.15) is 5.78 Å². The lowest BCUT2D eigenvalue weighted by Gasteiger charge is -2.73. The number of hydrogen-bond donors (Lipinski definition) is 0. The van der Waals surface area contributed by atoms with Crippen LogP contribution >= 0.6 is 0 Å². The lowest BCUT2D eigenvalue weighted by molar-refractivity contribution is -0.232. The molecule has 31 heavy (non-hydrogen) atoms. The first-order valence-electron chi connectivity index (χ1n) is 11.9. The highest BCUT2D eigenvalue weighted by atomic mass is 16.5. The van der Waals surface area contributed by atoms with Crippen LogP contribution < -0.4 is 9.47 Å². The number of piperidine rings is 1. The Morgan fingerprint density at radius 3 is 2.65 bits per heavy atom. The van der Waals surface area contributed by atoms with E-state index in [1.54, 1.807) is 14.2 Å². The number of nitrogens with zero attached hydrogens (tertiary/aromatic N) is 1.